The first-order valence-electron chi connectivity index (χ1n) is 3.20. The summed E-state index contributed by atoms with van der Waals surface area (Å²) in [5.41, 5.74) is 1.09. The number of hydrogen-bond donors (Lipinski definition) is 0. The fourth-order valence-electron chi connectivity index (χ4n) is 0.910. The van der Waals surface area contributed by atoms with Crippen molar-refractivity contribution in [3.05, 3.63) is 27.5 Å². The molecule has 1 saturated heterocycles. The van der Waals surface area contributed by atoms with Crippen LogP contribution in [0, 0.1) is 0 Å². The Hall–Kier alpha value is -0.120. The molecule has 1 unspecified atom stereocenters. The maximum absolute atomic E-state index is 5.73. The number of ether oxygens (including phenoxy) is 1. The number of hydrogen-bond acceptors (Lipinski definition) is 2. The van der Waals surface area contributed by atoms with Crippen molar-refractivity contribution in [2.45, 2.75) is 6.10 Å². The van der Waals surface area contributed by atoms with E-state index in [0.29, 0.717) is 5.15 Å². The summed E-state index contributed by atoms with van der Waals surface area (Å²) >= 11 is 8.98. The van der Waals surface area contributed by atoms with Crippen molar-refractivity contribution in [2.75, 3.05) is 6.61 Å². The van der Waals surface area contributed by atoms with E-state index >= 15 is 0 Å². The molecule has 58 valence electrons. The molecule has 1 aliphatic heterocycles. The van der Waals surface area contributed by atoms with E-state index < -0.39 is 0 Å². The van der Waals surface area contributed by atoms with Gasteiger partial charge >= 0.3 is 0 Å². The molecule has 0 spiro atoms. The van der Waals surface area contributed by atoms with E-state index in [1.165, 1.54) is 0 Å². The monoisotopic (exact) mass is 233 g/mol. The van der Waals surface area contributed by atoms with Crippen LogP contribution in [-0.4, -0.2) is 11.6 Å². The van der Waals surface area contributed by atoms with Gasteiger partial charge in [0.05, 0.1) is 6.61 Å². The second-order valence-electron chi connectivity index (χ2n) is 2.37. The van der Waals surface area contributed by atoms with Crippen LogP contribution in [0.3, 0.4) is 0 Å². The third kappa shape index (κ3) is 1.72. The van der Waals surface area contributed by atoms with Gasteiger partial charge in [-0.1, -0.05) is 11.6 Å². The minimum atomic E-state index is 0.242. The van der Waals surface area contributed by atoms with Crippen molar-refractivity contribution in [3.63, 3.8) is 0 Å². The van der Waals surface area contributed by atoms with E-state index in [1.54, 1.807) is 0 Å². The van der Waals surface area contributed by atoms with Crippen molar-refractivity contribution < 1.29 is 4.74 Å². The van der Waals surface area contributed by atoms with Crippen LogP contribution < -0.4 is 0 Å². The summed E-state index contributed by atoms with van der Waals surface area (Å²) in [5.74, 6) is 0. The molecule has 0 bridgehead atoms. The molecule has 0 N–H and O–H groups in total. The molecule has 1 aromatic heterocycles. The molecule has 0 radical (unpaired) electrons. The first-order chi connectivity index (χ1) is 5.25. The standard InChI is InChI=1S/C7H5BrClNO/c8-6-1-4(5-3-11-5)2-7(9)10-6/h1-2,5H,3H2. The summed E-state index contributed by atoms with van der Waals surface area (Å²) in [6.45, 7) is 0.798. The first-order valence-corrected chi connectivity index (χ1v) is 4.37. The highest BCUT2D eigenvalue weighted by Gasteiger charge is 2.25. The summed E-state index contributed by atoms with van der Waals surface area (Å²) in [6.07, 6.45) is 0.242. The smallest absolute Gasteiger partial charge is 0.130 e. The minimum Gasteiger partial charge on any atom is -0.368 e. The molecule has 2 heterocycles. The highest BCUT2D eigenvalue weighted by Crippen LogP contribution is 2.31. The van der Waals surface area contributed by atoms with Gasteiger partial charge in [0.1, 0.15) is 15.9 Å². The highest BCUT2D eigenvalue weighted by atomic mass is 79.9. The van der Waals surface area contributed by atoms with Crippen LogP contribution in [0.4, 0.5) is 0 Å². The van der Waals surface area contributed by atoms with Gasteiger partial charge < -0.3 is 4.74 Å². The van der Waals surface area contributed by atoms with E-state index in [4.69, 9.17) is 16.3 Å². The van der Waals surface area contributed by atoms with Gasteiger partial charge in [0, 0.05) is 0 Å². The van der Waals surface area contributed by atoms with Gasteiger partial charge in [-0.3, -0.25) is 0 Å². The molecule has 1 atom stereocenters. The minimum absolute atomic E-state index is 0.242. The molecule has 2 nitrogen and oxygen atoms in total. The maximum atomic E-state index is 5.73. The molecular formula is C7H5BrClNO. The van der Waals surface area contributed by atoms with E-state index in [2.05, 4.69) is 20.9 Å². The lowest BCUT2D eigenvalue weighted by molar-refractivity contribution is 0.415. The van der Waals surface area contributed by atoms with Crippen LogP contribution in [0.1, 0.15) is 11.7 Å². The van der Waals surface area contributed by atoms with Crippen molar-refractivity contribution >= 4 is 27.5 Å². The molecule has 0 saturated carbocycles. The Morgan fingerprint density at radius 1 is 1.64 bits per heavy atom. The zero-order chi connectivity index (χ0) is 7.84. The Morgan fingerprint density at radius 2 is 2.36 bits per heavy atom. The Kier molecular flexibility index (Phi) is 1.87. The van der Waals surface area contributed by atoms with E-state index in [1.807, 2.05) is 12.1 Å². The van der Waals surface area contributed by atoms with Crippen LogP contribution in [0.2, 0.25) is 5.15 Å². The van der Waals surface area contributed by atoms with E-state index in [0.717, 1.165) is 16.8 Å². The Morgan fingerprint density at radius 3 is 2.91 bits per heavy atom. The predicted octanol–water partition coefficient (Wildman–Crippen LogP) is 2.57. The van der Waals surface area contributed by atoms with Crippen LogP contribution in [0.15, 0.2) is 16.7 Å². The van der Waals surface area contributed by atoms with Crippen LogP contribution >= 0.6 is 27.5 Å². The zero-order valence-corrected chi connectivity index (χ0v) is 7.89. The van der Waals surface area contributed by atoms with Gasteiger partial charge in [-0.25, -0.2) is 4.98 Å². The number of epoxide rings is 1. The molecule has 0 aromatic carbocycles. The molecule has 1 aromatic rings. The van der Waals surface area contributed by atoms with Crippen LogP contribution in [-0.2, 0) is 4.74 Å². The summed E-state index contributed by atoms with van der Waals surface area (Å²) in [4.78, 5) is 3.97. The topological polar surface area (TPSA) is 25.4 Å². The molecule has 2 rings (SSSR count). The molecule has 1 aliphatic rings. The Bertz CT molecular complexity index is 268. The molecule has 1 fully saturated rings. The highest BCUT2D eigenvalue weighted by molar-refractivity contribution is 9.10. The Balaban J connectivity index is 2.39. The number of rotatable bonds is 1. The van der Waals surface area contributed by atoms with Gasteiger partial charge in [-0.2, -0.15) is 0 Å². The number of pyridine rings is 1. The summed E-state index contributed by atoms with van der Waals surface area (Å²) < 4.78 is 5.86. The van der Waals surface area contributed by atoms with E-state index in [-0.39, 0.29) is 6.10 Å². The number of halogens is 2. The lowest BCUT2D eigenvalue weighted by atomic mass is 10.2. The van der Waals surface area contributed by atoms with Crippen molar-refractivity contribution in [2.24, 2.45) is 0 Å². The fraction of sp³-hybridized carbons (Fsp3) is 0.286. The molecule has 4 heteroatoms. The average molecular weight is 234 g/mol. The van der Waals surface area contributed by atoms with Gasteiger partial charge in [0.25, 0.3) is 0 Å². The quantitative estimate of drug-likeness (QED) is 0.551. The lowest BCUT2D eigenvalue weighted by Crippen LogP contribution is -1.84. The zero-order valence-electron chi connectivity index (χ0n) is 5.55. The number of nitrogens with zero attached hydrogens (tertiary/aromatic N) is 1. The summed E-state index contributed by atoms with van der Waals surface area (Å²) in [6, 6.07) is 3.74. The lowest BCUT2D eigenvalue weighted by Gasteiger charge is -1.96. The molecule has 11 heavy (non-hydrogen) atoms. The molecular weight excluding hydrogens is 229 g/mol. The van der Waals surface area contributed by atoms with Gasteiger partial charge in [0.2, 0.25) is 0 Å². The number of aromatic nitrogens is 1. The van der Waals surface area contributed by atoms with Gasteiger partial charge in [0.15, 0.2) is 0 Å². The maximum Gasteiger partial charge on any atom is 0.130 e. The first kappa shape index (κ1) is 7.53. The Labute approximate surface area is 77.7 Å². The van der Waals surface area contributed by atoms with Crippen molar-refractivity contribution in [3.8, 4) is 0 Å². The SMILES string of the molecule is Clc1cc(C2CO2)cc(Br)n1. The van der Waals surface area contributed by atoms with Crippen molar-refractivity contribution in [1.29, 1.82) is 0 Å². The predicted molar refractivity (Wildman–Crippen MR) is 45.6 cm³/mol. The fourth-order valence-corrected chi connectivity index (χ4v) is 1.68. The second-order valence-corrected chi connectivity index (χ2v) is 3.57. The normalized spacial score (nSPS) is 21.8. The summed E-state index contributed by atoms with van der Waals surface area (Å²) in [5, 5.41) is 0.505. The largest absolute Gasteiger partial charge is 0.368 e. The van der Waals surface area contributed by atoms with Gasteiger partial charge in [-0.15, -0.1) is 0 Å². The van der Waals surface area contributed by atoms with E-state index in [9.17, 15) is 0 Å². The van der Waals surface area contributed by atoms with Gasteiger partial charge in [-0.05, 0) is 33.6 Å². The third-order valence-electron chi connectivity index (χ3n) is 1.49. The third-order valence-corrected chi connectivity index (χ3v) is 2.09. The molecule has 0 aliphatic carbocycles. The van der Waals surface area contributed by atoms with Crippen molar-refractivity contribution in [1.82, 2.24) is 4.98 Å². The summed E-state index contributed by atoms with van der Waals surface area (Å²) in [7, 11) is 0. The molecule has 0 amide bonds. The average Bonchev–Trinajstić information content (AvgIpc) is 2.64. The van der Waals surface area contributed by atoms with Crippen LogP contribution in [0.5, 0.6) is 0 Å². The second kappa shape index (κ2) is 2.73. The van der Waals surface area contributed by atoms with Crippen LogP contribution in [0.25, 0.3) is 0 Å².